The standard InChI is InChI=1S/C16H17NO4/c1-4-21-12-8-11(9-17-10-12)15(18)13-6-5-7-14(19-2)16(13)20-3/h5-10H,4H2,1-3H3. The molecule has 2 rings (SSSR count). The van der Waals surface area contributed by atoms with Crippen LogP contribution in [-0.2, 0) is 0 Å². The van der Waals surface area contributed by atoms with Gasteiger partial charge in [-0.3, -0.25) is 9.78 Å². The van der Waals surface area contributed by atoms with E-state index in [1.165, 1.54) is 20.4 Å². The molecule has 21 heavy (non-hydrogen) atoms. The van der Waals surface area contributed by atoms with E-state index in [-0.39, 0.29) is 5.78 Å². The third-order valence-corrected chi connectivity index (χ3v) is 2.93. The van der Waals surface area contributed by atoms with Crippen LogP contribution in [0.1, 0.15) is 22.8 Å². The summed E-state index contributed by atoms with van der Waals surface area (Å²) in [6.07, 6.45) is 3.08. The fraction of sp³-hybridized carbons (Fsp3) is 0.250. The molecule has 0 unspecified atom stereocenters. The maximum atomic E-state index is 12.6. The number of hydrogen-bond donors (Lipinski definition) is 0. The summed E-state index contributed by atoms with van der Waals surface area (Å²) in [5, 5.41) is 0. The van der Waals surface area contributed by atoms with Gasteiger partial charge in [-0.1, -0.05) is 6.07 Å². The van der Waals surface area contributed by atoms with Crippen molar-refractivity contribution < 1.29 is 19.0 Å². The fourth-order valence-corrected chi connectivity index (χ4v) is 2.01. The summed E-state index contributed by atoms with van der Waals surface area (Å²) < 4.78 is 15.9. The highest BCUT2D eigenvalue weighted by molar-refractivity contribution is 6.11. The molecule has 0 amide bonds. The Kier molecular flexibility index (Phi) is 4.77. The highest BCUT2D eigenvalue weighted by atomic mass is 16.5. The lowest BCUT2D eigenvalue weighted by Crippen LogP contribution is -2.06. The summed E-state index contributed by atoms with van der Waals surface area (Å²) in [7, 11) is 3.03. The molecule has 0 aliphatic rings. The van der Waals surface area contributed by atoms with Gasteiger partial charge in [0.2, 0.25) is 0 Å². The largest absolute Gasteiger partial charge is 0.493 e. The van der Waals surface area contributed by atoms with Gasteiger partial charge in [0, 0.05) is 11.8 Å². The van der Waals surface area contributed by atoms with E-state index >= 15 is 0 Å². The first-order valence-corrected chi connectivity index (χ1v) is 6.54. The molecule has 0 fully saturated rings. The molecule has 0 atom stereocenters. The van der Waals surface area contributed by atoms with Gasteiger partial charge in [0.1, 0.15) is 5.75 Å². The quantitative estimate of drug-likeness (QED) is 0.765. The van der Waals surface area contributed by atoms with Crippen LogP contribution in [0.5, 0.6) is 17.2 Å². The molecule has 0 spiro atoms. The molecule has 0 aliphatic heterocycles. The summed E-state index contributed by atoms with van der Waals surface area (Å²) in [6.45, 7) is 2.39. The number of methoxy groups -OCH3 is 2. The number of para-hydroxylation sites is 1. The Morgan fingerprint density at radius 2 is 2.00 bits per heavy atom. The lowest BCUT2D eigenvalue weighted by atomic mass is 10.0. The van der Waals surface area contributed by atoms with Gasteiger partial charge in [0.05, 0.1) is 32.6 Å². The van der Waals surface area contributed by atoms with Gasteiger partial charge >= 0.3 is 0 Å². The van der Waals surface area contributed by atoms with Crippen LogP contribution in [0.4, 0.5) is 0 Å². The van der Waals surface area contributed by atoms with Gasteiger partial charge in [0.25, 0.3) is 0 Å². The van der Waals surface area contributed by atoms with Crippen LogP contribution < -0.4 is 14.2 Å². The van der Waals surface area contributed by atoms with Gasteiger partial charge in [-0.15, -0.1) is 0 Å². The molecule has 2 aromatic rings. The van der Waals surface area contributed by atoms with Gasteiger partial charge < -0.3 is 14.2 Å². The molecule has 0 radical (unpaired) electrons. The highest BCUT2D eigenvalue weighted by Crippen LogP contribution is 2.32. The van der Waals surface area contributed by atoms with Crippen molar-refractivity contribution >= 4 is 5.78 Å². The second kappa shape index (κ2) is 6.74. The van der Waals surface area contributed by atoms with Crippen LogP contribution in [0.3, 0.4) is 0 Å². The van der Waals surface area contributed by atoms with E-state index in [0.717, 1.165) is 0 Å². The predicted molar refractivity (Wildman–Crippen MR) is 78.4 cm³/mol. The number of pyridine rings is 1. The molecule has 0 bridgehead atoms. The van der Waals surface area contributed by atoms with E-state index in [9.17, 15) is 4.79 Å². The average Bonchev–Trinajstić information content (AvgIpc) is 2.53. The Bertz CT molecular complexity index is 640. The number of benzene rings is 1. The summed E-state index contributed by atoms with van der Waals surface area (Å²) in [4.78, 5) is 16.6. The van der Waals surface area contributed by atoms with Crippen LogP contribution in [0.15, 0.2) is 36.7 Å². The SMILES string of the molecule is CCOc1cncc(C(=O)c2cccc(OC)c2OC)c1. The van der Waals surface area contributed by atoms with Crippen molar-refractivity contribution in [3.63, 3.8) is 0 Å². The summed E-state index contributed by atoms with van der Waals surface area (Å²) in [5.74, 6) is 1.29. The van der Waals surface area contributed by atoms with Gasteiger partial charge in [-0.05, 0) is 25.1 Å². The minimum absolute atomic E-state index is 0.195. The topological polar surface area (TPSA) is 57.7 Å². The minimum Gasteiger partial charge on any atom is -0.493 e. The number of ether oxygens (including phenoxy) is 3. The average molecular weight is 287 g/mol. The Morgan fingerprint density at radius 1 is 1.19 bits per heavy atom. The summed E-state index contributed by atoms with van der Waals surface area (Å²) >= 11 is 0. The molecule has 1 aromatic heterocycles. The third-order valence-electron chi connectivity index (χ3n) is 2.93. The van der Waals surface area contributed by atoms with Crippen LogP contribution in [0, 0.1) is 0 Å². The second-order valence-electron chi connectivity index (χ2n) is 4.21. The maximum Gasteiger partial charge on any atom is 0.198 e. The molecular weight excluding hydrogens is 270 g/mol. The zero-order chi connectivity index (χ0) is 15.2. The van der Waals surface area contributed by atoms with Crippen LogP contribution >= 0.6 is 0 Å². The predicted octanol–water partition coefficient (Wildman–Crippen LogP) is 2.73. The molecule has 1 heterocycles. The lowest BCUT2D eigenvalue weighted by Gasteiger charge is -2.12. The number of ketones is 1. The molecule has 0 N–H and O–H groups in total. The fourth-order valence-electron chi connectivity index (χ4n) is 2.01. The van der Waals surface area contributed by atoms with Crippen molar-refractivity contribution in [3.05, 3.63) is 47.8 Å². The number of hydrogen-bond acceptors (Lipinski definition) is 5. The van der Waals surface area contributed by atoms with E-state index in [2.05, 4.69) is 4.98 Å². The van der Waals surface area contributed by atoms with Crippen LogP contribution in [0.25, 0.3) is 0 Å². The minimum atomic E-state index is -0.195. The lowest BCUT2D eigenvalue weighted by molar-refractivity contribution is 0.103. The zero-order valence-corrected chi connectivity index (χ0v) is 12.3. The summed E-state index contributed by atoms with van der Waals surface area (Å²) in [6, 6.07) is 6.84. The number of nitrogens with zero attached hydrogens (tertiary/aromatic N) is 1. The van der Waals surface area contributed by atoms with Crippen molar-refractivity contribution in [2.45, 2.75) is 6.92 Å². The van der Waals surface area contributed by atoms with E-state index in [1.54, 1.807) is 30.5 Å². The first-order valence-electron chi connectivity index (χ1n) is 6.54. The van der Waals surface area contributed by atoms with Crippen LogP contribution in [0.2, 0.25) is 0 Å². The third kappa shape index (κ3) is 3.13. The normalized spacial score (nSPS) is 10.0. The highest BCUT2D eigenvalue weighted by Gasteiger charge is 2.18. The molecular formula is C16H17NO4. The van der Waals surface area contributed by atoms with E-state index in [4.69, 9.17) is 14.2 Å². The Morgan fingerprint density at radius 3 is 2.67 bits per heavy atom. The van der Waals surface area contributed by atoms with Gasteiger partial charge in [-0.25, -0.2) is 0 Å². The zero-order valence-electron chi connectivity index (χ0n) is 12.3. The molecule has 0 saturated carbocycles. The molecule has 110 valence electrons. The van der Waals surface area contributed by atoms with Crippen molar-refractivity contribution in [3.8, 4) is 17.2 Å². The molecule has 0 aliphatic carbocycles. The van der Waals surface area contributed by atoms with Crippen molar-refractivity contribution in [1.29, 1.82) is 0 Å². The Hall–Kier alpha value is -2.56. The molecule has 5 nitrogen and oxygen atoms in total. The first kappa shape index (κ1) is 14.8. The smallest absolute Gasteiger partial charge is 0.198 e. The van der Waals surface area contributed by atoms with Crippen molar-refractivity contribution in [2.24, 2.45) is 0 Å². The summed E-state index contributed by atoms with van der Waals surface area (Å²) in [5.41, 5.74) is 0.861. The second-order valence-corrected chi connectivity index (χ2v) is 4.21. The van der Waals surface area contributed by atoms with Crippen molar-refractivity contribution in [2.75, 3.05) is 20.8 Å². The number of carbonyl (C=O) groups excluding carboxylic acids is 1. The number of aromatic nitrogens is 1. The Labute approximate surface area is 123 Å². The molecule has 1 aromatic carbocycles. The Balaban J connectivity index is 2.42. The number of rotatable bonds is 6. The van der Waals surface area contributed by atoms with Gasteiger partial charge in [0.15, 0.2) is 17.3 Å². The van der Waals surface area contributed by atoms with Crippen molar-refractivity contribution in [1.82, 2.24) is 4.98 Å². The molecule has 5 heteroatoms. The molecule has 0 saturated heterocycles. The van der Waals surface area contributed by atoms with E-state index < -0.39 is 0 Å². The van der Waals surface area contributed by atoms with Gasteiger partial charge in [-0.2, -0.15) is 0 Å². The first-order chi connectivity index (χ1) is 10.2. The maximum absolute atomic E-state index is 12.6. The van der Waals surface area contributed by atoms with Crippen LogP contribution in [-0.4, -0.2) is 31.6 Å². The number of carbonyl (C=O) groups is 1. The van der Waals surface area contributed by atoms with E-state index in [1.807, 2.05) is 6.92 Å². The monoisotopic (exact) mass is 287 g/mol. The van der Waals surface area contributed by atoms with E-state index in [0.29, 0.717) is 35.0 Å².